The third kappa shape index (κ3) is 3.74. The van der Waals surface area contributed by atoms with Crippen molar-refractivity contribution in [3.63, 3.8) is 0 Å². The van der Waals surface area contributed by atoms with Crippen LogP contribution in [0.25, 0.3) is 10.8 Å². The average Bonchev–Trinajstić information content (AvgIpc) is 3.06. The monoisotopic (exact) mass is 312 g/mol. The summed E-state index contributed by atoms with van der Waals surface area (Å²) < 4.78 is 0. The molecule has 0 unspecified atom stereocenters. The largest absolute Gasteiger partial charge is 0.293 e. The molecule has 0 saturated heterocycles. The smallest absolute Gasteiger partial charge is 0.172 e. The van der Waals surface area contributed by atoms with E-state index in [9.17, 15) is 4.79 Å². The molecule has 0 aliphatic carbocycles. The predicted molar refractivity (Wildman–Crippen MR) is 92.6 cm³/mol. The number of Topliss-reactive ketones (excluding diaryl/α,β-unsaturated/α-hetero) is 1. The van der Waals surface area contributed by atoms with Crippen LogP contribution >= 0.6 is 23.1 Å². The Morgan fingerprint density at radius 1 is 1.00 bits per heavy atom. The Bertz CT molecular complexity index is 732. The molecule has 0 saturated carbocycles. The van der Waals surface area contributed by atoms with E-state index in [2.05, 4.69) is 42.5 Å². The molecule has 3 heteroatoms. The van der Waals surface area contributed by atoms with Crippen LogP contribution in [0, 0.1) is 0 Å². The molecule has 1 aromatic heterocycles. The van der Waals surface area contributed by atoms with Crippen molar-refractivity contribution in [1.29, 1.82) is 0 Å². The second-order valence-corrected chi connectivity index (χ2v) is 6.98. The maximum Gasteiger partial charge on any atom is 0.172 e. The number of hydrogen-bond acceptors (Lipinski definition) is 3. The molecular weight excluding hydrogens is 296 g/mol. The topological polar surface area (TPSA) is 17.1 Å². The van der Waals surface area contributed by atoms with Crippen molar-refractivity contribution in [1.82, 2.24) is 0 Å². The summed E-state index contributed by atoms with van der Waals surface area (Å²) in [5.41, 5.74) is 0. The number of ketones is 1. The Kier molecular flexibility index (Phi) is 4.73. The Morgan fingerprint density at radius 2 is 1.86 bits per heavy atom. The van der Waals surface area contributed by atoms with Crippen molar-refractivity contribution in [2.24, 2.45) is 0 Å². The zero-order valence-corrected chi connectivity index (χ0v) is 13.3. The van der Waals surface area contributed by atoms with Crippen LogP contribution in [0.1, 0.15) is 22.5 Å². The van der Waals surface area contributed by atoms with Gasteiger partial charge in [-0.1, -0.05) is 36.4 Å². The third-order valence-corrected chi connectivity index (χ3v) is 5.32. The molecule has 1 nitrogen and oxygen atoms in total. The minimum Gasteiger partial charge on any atom is -0.293 e. The molecule has 0 spiro atoms. The van der Waals surface area contributed by atoms with Crippen molar-refractivity contribution in [3.05, 3.63) is 64.9 Å². The van der Waals surface area contributed by atoms with E-state index in [1.54, 1.807) is 0 Å². The number of rotatable bonds is 6. The number of carbonyl (C=O) groups excluding carboxylic acids is 1. The number of hydrogen-bond donors (Lipinski definition) is 0. The van der Waals surface area contributed by atoms with E-state index in [1.807, 2.05) is 29.3 Å². The summed E-state index contributed by atoms with van der Waals surface area (Å²) in [7, 11) is 0. The van der Waals surface area contributed by atoms with Crippen LogP contribution in [0.5, 0.6) is 0 Å². The lowest BCUT2D eigenvalue weighted by Gasteiger charge is -2.03. The first-order valence-electron chi connectivity index (χ1n) is 7.01. The van der Waals surface area contributed by atoms with Crippen LogP contribution in [-0.4, -0.2) is 11.5 Å². The SMILES string of the molecule is O=C(CCCSc1ccc2ccccc2c1)c1cccs1. The van der Waals surface area contributed by atoms with E-state index in [1.165, 1.54) is 27.0 Å². The standard InChI is InChI=1S/C18H16OS2/c19-17(18-8-4-12-21-18)7-3-11-20-16-10-9-14-5-1-2-6-15(14)13-16/h1-2,4-6,8-10,12-13H,3,7,11H2. The molecule has 0 N–H and O–H groups in total. The summed E-state index contributed by atoms with van der Waals surface area (Å²) in [6.45, 7) is 0. The fourth-order valence-electron chi connectivity index (χ4n) is 2.24. The van der Waals surface area contributed by atoms with Gasteiger partial charge in [0, 0.05) is 11.3 Å². The fraction of sp³-hybridized carbons (Fsp3) is 0.167. The molecule has 3 rings (SSSR count). The number of fused-ring (bicyclic) bond motifs is 1. The molecule has 3 aromatic rings. The Morgan fingerprint density at radius 3 is 2.67 bits per heavy atom. The van der Waals surface area contributed by atoms with Crippen molar-refractivity contribution in [3.8, 4) is 0 Å². The van der Waals surface area contributed by atoms with Gasteiger partial charge in [0.1, 0.15) is 0 Å². The second-order valence-electron chi connectivity index (χ2n) is 4.86. The summed E-state index contributed by atoms with van der Waals surface area (Å²) in [5, 5.41) is 4.50. The van der Waals surface area contributed by atoms with Crippen molar-refractivity contribution in [2.75, 3.05) is 5.75 Å². The lowest BCUT2D eigenvalue weighted by atomic mass is 10.1. The first-order chi connectivity index (χ1) is 10.3. The van der Waals surface area contributed by atoms with E-state index in [-0.39, 0.29) is 5.78 Å². The van der Waals surface area contributed by atoms with E-state index in [0.717, 1.165) is 17.1 Å². The van der Waals surface area contributed by atoms with Gasteiger partial charge in [-0.15, -0.1) is 23.1 Å². The highest BCUT2D eigenvalue weighted by Gasteiger charge is 2.06. The highest BCUT2D eigenvalue weighted by Crippen LogP contribution is 2.24. The van der Waals surface area contributed by atoms with Crippen LogP contribution in [0.2, 0.25) is 0 Å². The van der Waals surface area contributed by atoms with Gasteiger partial charge < -0.3 is 0 Å². The minimum absolute atomic E-state index is 0.268. The van der Waals surface area contributed by atoms with Gasteiger partial charge >= 0.3 is 0 Å². The summed E-state index contributed by atoms with van der Waals surface area (Å²) >= 11 is 3.36. The maximum atomic E-state index is 11.9. The van der Waals surface area contributed by atoms with E-state index in [0.29, 0.717) is 6.42 Å². The van der Waals surface area contributed by atoms with Gasteiger partial charge in [0.15, 0.2) is 5.78 Å². The lowest BCUT2D eigenvalue weighted by molar-refractivity contribution is 0.0986. The lowest BCUT2D eigenvalue weighted by Crippen LogP contribution is -1.96. The molecule has 21 heavy (non-hydrogen) atoms. The minimum atomic E-state index is 0.268. The number of thioether (sulfide) groups is 1. The molecular formula is C18H16OS2. The highest BCUT2D eigenvalue weighted by atomic mass is 32.2. The third-order valence-electron chi connectivity index (χ3n) is 3.33. The van der Waals surface area contributed by atoms with Gasteiger partial charge in [-0.2, -0.15) is 0 Å². The van der Waals surface area contributed by atoms with E-state index in [4.69, 9.17) is 0 Å². The van der Waals surface area contributed by atoms with Gasteiger partial charge in [-0.05, 0) is 46.5 Å². The number of benzene rings is 2. The van der Waals surface area contributed by atoms with Crippen LogP contribution in [0.4, 0.5) is 0 Å². The van der Waals surface area contributed by atoms with E-state index < -0.39 is 0 Å². The fourth-order valence-corrected chi connectivity index (χ4v) is 3.83. The van der Waals surface area contributed by atoms with Crippen LogP contribution in [0.15, 0.2) is 64.9 Å². The van der Waals surface area contributed by atoms with Gasteiger partial charge in [0.05, 0.1) is 4.88 Å². The normalized spacial score (nSPS) is 10.9. The van der Waals surface area contributed by atoms with E-state index >= 15 is 0 Å². The number of carbonyl (C=O) groups is 1. The summed E-state index contributed by atoms with van der Waals surface area (Å²) in [6.07, 6.45) is 1.56. The summed E-state index contributed by atoms with van der Waals surface area (Å²) in [6, 6.07) is 18.8. The maximum absolute atomic E-state index is 11.9. The predicted octanol–water partition coefficient (Wildman–Crippen LogP) is 5.66. The summed E-state index contributed by atoms with van der Waals surface area (Å²) in [5.74, 6) is 1.25. The zero-order valence-electron chi connectivity index (χ0n) is 11.6. The van der Waals surface area contributed by atoms with Crippen molar-refractivity contribution >= 4 is 39.7 Å². The van der Waals surface area contributed by atoms with Crippen LogP contribution < -0.4 is 0 Å². The second kappa shape index (κ2) is 6.92. The number of thiophene rings is 1. The van der Waals surface area contributed by atoms with Gasteiger partial charge in [0.25, 0.3) is 0 Å². The summed E-state index contributed by atoms with van der Waals surface area (Å²) in [4.78, 5) is 14.0. The van der Waals surface area contributed by atoms with Gasteiger partial charge in [-0.25, -0.2) is 0 Å². The molecule has 0 radical (unpaired) electrons. The quantitative estimate of drug-likeness (QED) is 0.332. The van der Waals surface area contributed by atoms with Gasteiger partial charge in [0.2, 0.25) is 0 Å². The molecule has 0 bridgehead atoms. The first kappa shape index (κ1) is 14.4. The van der Waals surface area contributed by atoms with Crippen LogP contribution in [-0.2, 0) is 0 Å². The molecule has 0 fully saturated rings. The van der Waals surface area contributed by atoms with Crippen molar-refractivity contribution in [2.45, 2.75) is 17.7 Å². The molecule has 106 valence electrons. The Labute approximate surface area is 133 Å². The highest BCUT2D eigenvalue weighted by molar-refractivity contribution is 7.99. The molecule has 0 atom stereocenters. The first-order valence-corrected chi connectivity index (χ1v) is 8.88. The molecule has 0 aliphatic rings. The molecule has 0 amide bonds. The molecule has 0 aliphatic heterocycles. The zero-order chi connectivity index (χ0) is 14.5. The van der Waals surface area contributed by atoms with Crippen molar-refractivity contribution < 1.29 is 4.79 Å². The average molecular weight is 312 g/mol. The Balaban J connectivity index is 1.51. The molecule has 1 heterocycles. The van der Waals surface area contributed by atoms with Gasteiger partial charge in [-0.3, -0.25) is 4.79 Å². The van der Waals surface area contributed by atoms with Crippen LogP contribution in [0.3, 0.4) is 0 Å². The Hall–Kier alpha value is -1.58. The molecule has 2 aromatic carbocycles.